The number of piperidine rings is 1. The van der Waals surface area contributed by atoms with Gasteiger partial charge < -0.3 is 4.74 Å². The summed E-state index contributed by atoms with van der Waals surface area (Å²) in [5.74, 6) is -0.235. The number of halogens is 1. The van der Waals surface area contributed by atoms with E-state index in [2.05, 4.69) is 14.9 Å². The number of likely N-dealkylation sites (tertiary alicyclic amines) is 1. The molecule has 1 aromatic carbocycles. The van der Waals surface area contributed by atoms with E-state index in [1.165, 1.54) is 37.0 Å². The van der Waals surface area contributed by atoms with Crippen molar-refractivity contribution in [2.45, 2.75) is 31.8 Å². The predicted octanol–water partition coefficient (Wildman–Crippen LogP) is 2.70. The van der Waals surface area contributed by atoms with Crippen molar-refractivity contribution in [2.24, 2.45) is 0 Å². The van der Waals surface area contributed by atoms with Gasteiger partial charge in [0.05, 0.1) is 25.1 Å². The van der Waals surface area contributed by atoms with Gasteiger partial charge in [0, 0.05) is 44.0 Å². The van der Waals surface area contributed by atoms with E-state index in [0.717, 1.165) is 51.6 Å². The molecule has 5 nitrogen and oxygen atoms in total. The Hall–Kier alpha value is -1.76. The van der Waals surface area contributed by atoms with Crippen LogP contribution in [0, 0.1) is 5.82 Å². The molecule has 0 radical (unpaired) electrons. The SMILES string of the molecule is Fc1cccc(-n2cc(CN3CCCCC3CN3CCOCC3)cn2)c1. The molecule has 2 fully saturated rings. The first-order valence-corrected chi connectivity index (χ1v) is 9.61. The highest BCUT2D eigenvalue weighted by Crippen LogP contribution is 2.21. The van der Waals surface area contributed by atoms with E-state index in [-0.39, 0.29) is 5.82 Å². The molecule has 2 saturated heterocycles. The van der Waals surface area contributed by atoms with Gasteiger partial charge in [0.25, 0.3) is 0 Å². The van der Waals surface area contributed by atoms with Crippen molar-refractivity contribution in [2.75, 3.05) is 39.4 Å². The highest BCUT2D eigenvalue weighted by molar-refractivity contribution is 5.31. The molecule has 0 bridgehead atoms. The molecule has 2 aliphatic heterocycles. The largest absolute Gasteiger partial charge is 0.379 e. The quantitative estimate of drug-likeness (QED) is 0.823. The van der Waals surface area contributed by atoms with Crippen LogP contribution in [0.25, 0.3) is 5.69 Å². The Morgan fingerprint density at radius 2 is 2.04 bits per heavy atom. The molecule has 4 rings (SSSR count). The number of ether oxygens (including phenoxy) is 1. The standard InChI is InChI=1S/C20H27FN4O/c21-18-4-3-6-19(12-18)25-15-17(13-22-25)14-24-7-2-1-5-20(24)16-23-8-10-26-11-9-23/h3-4,6,12-13,15,20H,1-2,5,7-11,14,16H2. The van der Waals surface area contributed by atoms with Crippen LogP contribution in [0.1, 0.15) is 24.8 Å². The Bertz CT molecular complexity index is 713. The number of nitrogens with zero attached hydrogens (tertiary/aromatic N) is 4. The fourth-order valence-corrected chi connectivity index (χ4v) is 3.99. The molecule has 0 amide bonds. The third kappa shape index (κ3) is 4.31. The van der Waals surface area contributed by atoms with Gasteiger partial charge in [0.2, 0.25) is 0 Å². The lowest BCUT2D eigenvalue weighted by atomic mass is 10.0. The molecule has 1 aromatic heterocycles. The van der Waals surface area contributed by atoms with Crippen LogP contribution in [0.5, 0.6) is 0 Å². The van der Waals surface area contributed by atoms with Gasteiger partial charge in [-0.05, 0) is 37.6 Å². The minimum atomic E-state index is -0.235. The number of benzene rings is 1. The smallest absolute Gasteiger partial charge is 0.125 e. The number of hydrogen-bond acceptors (Lipinski definition) is 4. The van der Waals surface area contributed by atoms with E-state index in [1.54, 1.807) is 10.7 Å². The zero-order valence-electron chi connectivity index (χ0n) is 15.2. The Kier molecular flexibility index (Phi) is 5.62. The molecule has 0 aliphatic carbocycles. The van der Waals surface area contributed by atoms with Crippen LogP contribution in [0.15, 0.2) is 36.7 Å². The monoisotopic (exact) mass is 358 g/mol. The van der Waals surface area contributed by atoms with Gasteiger partial charge in [-0.3, -0.25) is 9.80 Å². The normalized spacial score (nSPS) is 22.6. The van der Waals surface area contributed by atoms with Crippen LogP contribution in [0.2, 0.25) is 0 Å². The van der Waals surface area contributed by atoms with Gasteiger partial charge in [0.15, 0.2) is 0 Å². The molecule has 1 unspecified atom stereocenters. The molecule has 26 heavy (non-hydrogen) atoms. The molecule has 6 heteroatoms. The summed E-state index contributed by atoms with van der Waals surface area (Å²) >= 11 is 0. The van der Waals surface area contributed by atoms with Gasteiger partial charge in [-0.25, -0.2) is 9.07 Å². The van der Waals surface area contributed by atoms with Gasteiger partial charge in [0.1, 0.15) is 5.82 Å². The van der Waals surface area contributed by atoms with Gasteiger partial charge in [-0.15, -0.1) is 0 Å². The van der Waals surface area contributed by atoms with Gasteiger partial charge in [-0.1, -0.05) is 12.5 Å². The fraction of sp³-hybridized carbons (Fsp3) is 0.550. The maximum Gasteiger partial charge on any atom is 0.125 e. The first-order chi connectivity index (χ1) is 12.8. The average molecular weight is 358 g/mol. The lowest BCUT2D eigenvalue weighted by molar-refractivity contribution is 0.0153. The molecule has 0 N–H and O–H groups in total. The minimum absolute atomic E-state index is 0.235. The van der Waals surface area contributed by atoms with Crippen LogP contribution < -0.4 is 0 Å². The zero-order chi connectivity index (χ0) is 17.8. The maximum absolute atomic E-state index is 13.4. The first kappa shape index (κ1) is 17.6. The summed E-state index contributed by atoms with van der Waals surface area (Å²) in [6.45, 7) is 6.97. The van der Waals surface area contributed by atoms with Crippen molar-refractivity contribution in [3.05, 3.63) is 48.0 Å². The third-order valence-electron chi connectivity index (χ3n) is 5.42. The van der Waals surface area contributed by atoms with Crippen molar-refractivity contribution in [3.63, 3.8) is 0 Å². The Balaban J connectivity index is 1.41. The third-order valence-corrected chi connectivity index (χ3v) is 5.42. The summed E-state index contributed by atoms with van der Waals surface area (Å²) in [4.78, 5) is 5.12. The average Bonchev–Trinajstić information content (AvgIpc) is 3.13. The summed E-state index contributed by atoms with van der Waals surface area (Å²) in [5.41, 5.74) is 1.95. The van der Waals surface area contributed by atoms with E-state index < -0.39 is 0 Å². The lowest BCUT2D eigenvalue weighted by Crippen LogP contribution is -2.49. The van der Waals surface area contributed by atoms with E-state index in [9.17, 15) is 4.39 Å². The Morgan fingerprint density at radius 3 is 2.88 bits per heavy atom. The molecular weight excluding hydrogens is 331 g/mol. The molecule has 2 aliphatic rings. The molecule has 2 aromatic rings. The summed E-state index contributed by atoms with van der Waals surface area (Å²) in [7, 11) is 0. The fourth-order valence-electron chi connectivity index (χ4n) is 3.99. The van der Waals surface area contributed by atoms with Gasteiger partial charge in [-0.2, -0.15) is 5.10 Å². The Morgan fingerprint density at radius 1 is 1.15 bits per heavy atom. The number of aromatic nitrogens is 2. The molecular formula is C20H27FN4O. The zero-order valence-corrected chi connectivity index (χ0v) is 15.2. The van der Waals surface area contributed by atoms with E-state index in [4.69, 9.17) is 4.74 Å². The number of morpholine rings is 1. The molecule has 0 spiro atoms. The Labute approximate surface area is 154 Å². The highest BCUT2D eigenvalue weighted by Gasteiger charge is 2.25. The van der Waals surface area contributed by atoms with Crippen molar-refractivity contribution in [3.8, 4) is 5.69 Å². The number of rotatable bonds is 5. The second kappa shape index (κ2) is 8.29. The van der Waals surface area contributed by atoms with Gasteiger partial charge >= 0.3 is 0 Å². The molecule has 1 atom stereocenters. The molecule has 3 heterocycles. The van der Waals surface area contributed by atoms with Crippen molar-refractivity contribution < 1.29 is 9.13 Å². The summed E-state index contributed by atoms with van der Waals surface area (Å²) in [6, 6.07) is 7.16. The minimum Gasteiger partial charge on any atom is -0.379 e. The van der Waals surface area contributed by atoms with Crippen molar-refractivity contribution >= 4 is 0 Å². The highest BCUT2D eigenvalue weighted by atomic mass is 19.1. The van der Waals surface area contributed by atoms with Crippen molar-refractivity contribution in [1.82, 2.24) is 19.6 Å². The van der Waals surface area contributed by atoms with Crippen LogP contribution in [0.4, 0.5) is 4.39 Å². The molecule has 140 valence electrons. The molecule has 0 saturated carbocycles. The summed E-state index contributed by atoms with van der Waals surface area (Å²) in [6.07, 6.45) is 7.77. The topological polar surface area (TPSA) is 33.5 Å². The van der Waals surface area contributed by atoms with E-state index >= 15 is 0 Å². The predicted molar refractivity (Wildman–Crippen MR) is 98.8 cm³/mol. The second-order valence-corrected chi connectivity index (χ2v) is 7.31. The summed E-state index contributed by atoms with van der Waals surface area (Å²) < 4.78 is 20.7. The lowest BCUT2D eigenvalue weighted by Gasteiger charge is -2.39. The van der Waals surface area contributed by atoms with Crippen LogP contribution >= 0.6 is 0 Å². The maximum atomic E-state index is 13.4. The number of hydrogen-bond donors (Lipinski definition) is 0. The van der Waals surface area contributed by atoms with Crippen molar-refractivity contribution in [1.29, 1.82) is 0 Å². The first-order valence-electron chi connectivity index (χ1n) is 9.61. The van der Waals surface area contributed by atoms with E-state index in [1.807, 2.05) is 18.5 Å². The van der Waals surface area contributed by atoms with Crippen LogP contribution in [0.3, 0.4) is 0 Å². The van der Waals surface area contributed by atoms with E-state index in [0.29, 0.717) is 6.04 Å². The summed E-state index contributed by atoms with van der Waals surface area (Å²) in [5, 5.41) is 4.43. The van der Waals surface area contributed by atoms with Crippen LogP contribution in [-0.4, -0.2) is 65.0 Å². The van der Waals surface area contributed by atoms with Crippen LogP contribution in [-0.2, 0) is 11.3 Å². The second-order valence-electron chi connectivity index (χ2n) is 7.31.